The zero-order chi connectivity index (χ0) is 13.8. The molecular weight excluding hydrogens is 247 g/mol. The largest absolute Gasteiger partial charge is 0.485 e. The average molecular weight is 262 g/mol. The third-order valence-corrected chi connectivity index (χ3v) is 2.56. The molecule has 0 spiro atoms. The maximum Gasteiger partial charge on any atom is 0.168 e. The summed E-state index contributed by atoms with van der Waals surface area (Å²) in [7, 11) is 0. The number of hydrogen-bond acceptors (Lipinski definition) is 5. The molecule has 1 aromatic heterocycles. The molecule has 0 aliphatic heterocycles. The molecular formula is C13H15FN4O. The summed E-state index contributed by atoms with van der Waals surface area (Å²) in [5.74, 6) is 6.45. The van der Waals surface area contributed by atoms with Crippen molar-refractivity contribution in [2.45, 2.75) is 20.5 Å². The number of nitrogens with one attached hydrogen (secondary N) is 1. The molecule has 6 heteroatoms. The molecule has 100 valence electrons. The number of nitrogens with zero attached hydrogens (tertiary/aromatic N) is 2. The molecule has 1 aromatic carbocycles. The fourth-order valence-corrected chi connectivity index (χ4v) is 1.64. The van der Waals surface area contributed by atoms with Crippen LogP contribution < -0.4 is 16.0 Å². The van der Waals surface area contributed by atoms with Crippen LogP contribution in [0.2, 0.25) is 0 Å². The van der Waals surface area contributed by atoms with Gasteiger partial charge in [0.1, 0.15) is 24.0 Å². The number of rotatable bonds is 4. The molecule has 0 saturated heterocycles. The highest BCUT2D eigenvalue weighted by Gasteiger charge is 2.05. The molecule has 0 aliphatic carbocycles. The summed E-state index contributed by atoms with van der Waals surface area (Å²) in [5.41, 5.74) is 4.09. The summed E-state index contributed by atoms with van der Waals surface area (Å²) < 4.78 is 18.6. The monoisotopic (exact) mass is 262 g/mol. The second-order valence-electron chi connectivity index (χ2n) is 4.15. The number of halogens is 1. The van der Waals surface area contributed by atoms with Crippen LogP contribution in [0.15, 0.2) is 24.3 Å². The number of nitrogens with two attached hydrogens (primary N) is 1. The van der Waals surface area contributed by atoms with E-state index in [9.17, 15) is 4.39 Å². The van der Waals surface area contributed by atoms with Crippen LogP contribution in [0.5, 0.6) is 5.75 Å². The van der Waals surface area contributed by atoms with Crippen molar-refractivity contribution in [2.24, 2.45) is 5.84 Å². The molecule has 0 saturated carbocycles. The first-order valence-electron chi connectivity index (χ1n) is 5.78. The second-order valence-corrected chi connectivity index (χ2v) is 4.15. The van der Waals surface area contributed by atoms with Gasteiger partial charge in [0.15, 0.2) is 5.82 Å². The minimum Gasteiger partial charge on any atom is -0.485 e. The molecule has 0 fully saturated rings. The lowest BCUT2D eigenvalue weighted by molar-refractivity contribution is 0.292. The molecule has 5 nitrogen and oxygen atoms in total. The number of ether oxygens (including phenoxy) is 1. The summed E-state index contributed by atoms with van der Waals surface area (Å²) in [4.78, 5) is 8.38. The lowest BCUT2D eigenvalue weighted by atomic mass is 10.2. The summed E-state index contributed by atoms with van der Waals surface area (Å²) >= 11 is 0. The quantitative estimate of drug-likeness (QED) is 0.652. The van der Waals surface area contributed by atoms with E-state index in [1.165, 1.54) is 12.1 Å². The molecule has 0 aliphatic rings. The van der Waals surface area contributed by atoms with Gasteiger partial charge in [0.25, 0.3) is 0 Å². The van der Waals surface area contributed by atoms with Gasteiger partial charge < -0.3 is 10.2 Å². The standard InChI is InChI=1S/C13H15FN4O/c1-8-3-4-10(14)6-11(8)19-7-13-16-9(2)5-12(17-13)18-15/h3-6H,7,15H2,1-2H3,(H,16,17,18). The molecule has 19 heavy (non-hydrogen) atoms. The third kappa shape index (κ3) is 3.38. The van der Waals surface area contributed by atoms with E-state index in [1.54, 1.807) is 12.1 Å². The number of aryl methyl sites for hydroxylation is 2. The maximum atomic E-state index is 13.1. The number of anilines is 1. The SMILES string of the molecule is Cc1cc(NN)nc(COc2cc(F)ccc2C)n1. The Morgan fingerprint density at radius 3 is 2.79 bits per heavy atom. The molecule has 2 rings (SSSR count). The van der Waals surface area contributed by atoms with Crippen LogP contribution in [0.4, 0.5) is 10.2 Å². The van der Waals surface area contributed by atoms with E-state index in [4.69, 9.17) is 10.6 Å². The van der Waals surface area contributed by atoms with Gasteiger partial charge in [-0.2, -0.15) is 0 Å². The van der Waals surface area contributed by atoms with E-state index in [0.717, 1.165) is 11.3 Å². The van der Waals surface area contributed by atoms with E-state index >= 15 is 0 Å². The van der Waals surface area contributed by atoms with E-state index in [1.807, 2.05) is 13.8 Å². The Balaban J connectivity index is 2.14. The normalized spacial score (nSPS) is 10.3. The number of aromatic nitrogens is 2. The van der Waals surface area contributed by atoms with Crippen LogP contribution in [0.25, 0.3) is 0 Å². The summed E-state index contributed by atoms with van der Waals surface area (Å²) in [6.07, 6.45) is 0. The van der Waals surface area contributed by atoms with Gasteiger partial charge in [-0.1, -0.05) is 6.07 Å². The highest BCUT2D eigenvalue weighted by molar-refractivity contribution is 5.35. The molecule has 0 unspecified atom stereocenters. The van der Waals surface area contributed by atoms with Crippen molar-refractivity contribution >= 4 is 5.82 Å². The van der Waals surface area contributed by atoms with E-state index in [2.05, 4.69) is 15.4 Å². The first-order chi connectivity index (χ1) is 9.08. The van der Waals surface area contributed by atoms with Gasteiger partial charge in [-0.3, -0.25) is 0 Å². The van der Waals surface area contributed by atoms with Gasteiger partial charge in [-0.25, -0.2) is 20.2 Å². The predicted molar refractivity (Wildman–Crippen MR) is 70.0 cm³/mol. The number of hydrogen-bond donors (Lipinski definition) is 2. The lowest BCUT2D eigenvalue weighted by Crippen LogP contribution is -2.12. The summed E-state index contributed by atoms with van der Waals surface area (Å²) in [6, 6.07) is 6.11. The molecule has 3 N–H and O–H groups in total. The number of nitrogen functional groups attached to an aromatic ring is 1. The van der Waals surface area contributed by atoms with Crippen LogP contribution in [0, 0.1) is 19.7 Å². The van der Waals surface area contributed by atoms with Gasteiger partial charge in [-0.15, -0.1) is 0 Å². The molecule has 0 atom stereocenters. The first kappa shape index (κ1) is 13.2. The molecule has 0 radical (unpaired) electrons. The van der Waals surface area contributed by atoms with E-state index < -0.39 is 0 Å². The van der Waals surface area contributed by atoms with Crippen molar-refractivity contribution in [2.75, 3.05) is 5.43 Å². The maximum absolute atomic E-state index is 13.1. The number of benzene rings is 1. The Labute approximate surface area is 110 Å². The molecule has 0 amide bonds. The van der Waals surface area contributed by atoms with Gasteiger partial charge in [-0.05, 0) is 25.5 Å². The Morgan fingerprint density at radius 2 is 2.05 bits per heavy atom. The zero-order valence-electron chi connectivity index (χ0n) is 10.8. The van der Waals surface area contributed by atoms with Crippen molar-refractivity contribution in [3.05, 3.63) is 47.2 Å². The highest BCUT2D eigenvalue weighted by atomic mass is 19.1. The molecule has 1 heterocycles. The van der Waals surface area contributed by atoms with Crippen molar-refractivity contribution in [1.29, 1.82) is 0 Å². The minimum atomic E-state index is -0.338. The van der Waals surface area contributed by atoms with Crippen LogP contribution in [0.3, 0.4) is 0 Å². The van der Waals surface area contributed by atoms with Gasteiger partial charge in [0.2, 0.25) is 0 Å². The van der Waals surface area contributed by atoms with Crippen molar-refractivity contribution < 1.29 is 9.13 Å². The minimum absolute atomic E-state index is 0.153. The van der Waals surface area contributed by atoms with Crippen LogP contribution >= 0.6 is 0 Å². The first-order valence-corrected chi connectivity index (χ1v) is 5.78. The Morgan fingerprint density at radius 1 is 1.26 bits per heavy atom. The van der Waals surface area contributed by atoms with Gasteiger partial charge in [0.05, 0.1) is 0 Å². The third-order valence-electron chi connectivity index (χ3n) is 2.56. The molecule has 2 aromatic rings. The van der Waals surface area contributed by atoms with Crippen LogP contribution in [0.1, 0.15) is 17.1 Å². The van der Waals surface area contributed by atoms with Crippen LogP contribution in [-0.4, -0.2) is 9.97 Å². The summed E-state index contributed by atoms with van der Waals surface area (Å²) in [6.45, 7) is 3.83. The van der Waals surface area contributed by atoms with Crippen molar-refractivity contribution in [3.63, 3.8) is 0 Å². The molecule has 0 bridgehead atoms. The van der Waals surface area contributed by atoms with E-state index in [0.29, 0.717) is 17.4 Å². The average Bonchev–Trinajstić information content (AvgIpc) is 2.39. The van der Waals surface area contributed by atoms with Crippen LogP contribution in [-0.2, 0) is 6.61 Å². The second kappa shape index (κ2) is 5.62. The fraction of sp³-hybridized carbons (Fsp3) is 0.231. The smallest absolute Gasteiger partial charge is 0.168 e. The summed E-state index contributed by atoms with van der Waals surface area (Å²) in [5, 5.41) is 0. The zero-order valence-corrected chi connectivity index (χ0v) is 10.8. The lowest BCUT2D eigenvalue weighted by Gasteiger charge is -2.09. The predicted octanol–water partition coefficient (Wildman–Crippen LogP) is 2.10. The highest BCUT2D eigenvalue weighted by Crippen LogP contribution is 2.19. The Kier molecular flexibility index (Phi) is 3.91. The van der Waals surface area contributed by atoms with E-state index in [-0.39, 0.29) is 12.4 Å². The Bertz CT molecular complexity index is 589. The topological polar surface area (TPSA) is 73.1 Å². The number of hydrazine groups is 1. The van der Waals surface area contributed by atoms with Crippen molar-refractivity contribution in [3.8, 4) is 5.75 Å². The van der Waals surface area contributed by atoms with Crippen molar-refractivity contribution in [1.82, 2.24) is 9.97 Å². The van der Waals surface area contributed by atoms with Gasteiger partial charge >= 0.3 is 0 Å². The Hall–Kier alpha value is -2.21. The van der Waals surface area contributed by atoms with Gasteiger partial charge in [0, 0.05) is 17.8 Å². The fourth-order valence-electron chi connectivity index (χ4n) is 1.64.